The van der Waals surface area contributed by atoms with Gasteiger partial charge in [0.1, 0.15) is 0 Å². The zero-order chi connectivity index (χ0) is 15.8. The molecule has 0 aliphatic carbocycles. The van der Waals surface area contributed by atoms with Crippen molar-refractivity contribution < 1.29 is 15.3 Å². The summed E-state index contributed by atoms with van der Waals surface area (Å²) in [4.78, 5) is 0. The SMILES string of the molecule is CC(O)CCC(O)CCCCCCCCCCCCCO. The Kier molecular flexibility index (Phi) is 16.2. The molecule has 0 rings (SSSR count). The zero-order valence-corrected chi connectivity index (χ0v) is 14.1. The zero-order valence-electron chi connectivity index (χ0n) is 14.1. The summed E-state index contributed by atoms with van der Waals surface area (Å²) >= 11 is 0. The van der Waals surface area contributed by atoms with Gasteiger partial charge in [0.15, 0.2) is 0 Å². The summed E-state index contributed by atoms with van der Waals surface area (Å²) in [5.41, 5.74) is 0. The first-order chi connectivity index (χ1) is 10.2. The van der Waals surface area contributed by atoms with Crippen LogP contribution in [0.4, 0.5) is 0 Å². The summed E-state index contributed by atoms with van der Waals surface area (Å²) in [6.07, 6.45) is 15.5. The monoisotopic (exact) mass is 302 g/mol. The Morgan fingerprint density at radius 2 is 1.00 bits per heavy atom. The minimum atomic E-state index is -0.289. The maximum Gasteiger partial charge on any atom is 0.0541 e. The van der Waals surface area contributed by atoms with E-state index < -0.39 is 0 Å². The van der Waals surface area contributed by atoms with Gasteiger partial charge in [0.2, 0.25) is 0 Å². The van der Waals surface area contributed by atoms with Crippen molar-refractivity contribution in [3.63, 3.8) is 0 Å². The molecule has 0 heterocycles. The summed E-state index contributed by atoms with van der Waals surface area (Å²) in [5.74, 6) is 0. The Morgan fingerprint density at radius 1 is 0.571 bits per heavy atom. The fourth-order valence-electron chi connectivity index (χ4n) is 2.66. The Labute approximate surface area is 131 Å². The van der Waals surface area contributed by atoms with Crippen LogP contribution in [-0.2, 0) is 0 Å². The van der Waals surface area contributed by atoms with Crippen molar-refractivity contribution in [2.24, 2.45) is 0 Å². The summed E-state index contributed by atoms with van der Waals surface area (Å²) in [5, 5.41) is 27.6. The molecule has 0 aromatic heterocycles. The molecule has 128 valence electrons. The molecule has 0 saturated heterocycles. The molecule has 21 heavy (non-hydrogen) atoms. The van der Waals surface area contributed by atoms with Crippen molar-refractivity contribution in [2.45, 2.75) is 109 Å². The molecule has 2 atom stereocenters. The first kappa shape index (κ1) is 20.9. The molecule has 0 radical (unpaired) electrons. The third-order valence-corrected chi connectivity index (χ3v) is 4.11. The van der Waals surface area contributed by atoms with Gasteiger partial charge in [0, 0.05) is 6.61 Å². The average Bonchev–Trinajstić information content (AvgIpc) is 2.46. The van der Waals surface area contributed by atoms with Crippen molar-refractivity contribution >= 4 is 0 Å². The lowest BCUT2D eigenvalue weighted by Crippen LogP contribution is -2.10. The lowest BCUT2D eigenvalue weighted by molar-refractivity contribution is 0.114. The van der Waals surface area contributed by atoms with Crippen LogP contribution in [0.15, 0.2) is 0 Å². The standard InChI is InChI=1S/C18H38O3/c1-17(20)14-15-18(21)13-11-9-7-5-3-2-4-6-8-10-12-16-19/h17-21H,2-16H2,1H3. The fraction of sp³-hybridized carbons (Fsp3) is 1.00. The highest BCUT2D eigenvalue weighted by atomic mass is 16.3. The Hall–Kier alpha value is -0.120. The van der Waals surface area contributed by atoms with Crippen LogP contribution in [0.25, 0.3) is 0 Å². The first-order valence-corrected chi connectivity index (χ1v) is 9.13. The molecule has 0 amide bonds. The molecule has 3 N–H and O–H groups in total. The van der Waals surface area contributed by atoms with Crippen molar-refractivity contribution in [1.29, 1.82) is 0 Å². The van der Waals surface area contributed by atoms with E-state index in [4.69, 9.17) is 10.2 Å². The van der Waals surface area contributed by atoms with Crippen LogP contribution < -0.4 is 0 Å². The van der Waals surface area contributed by atoms with E-state index in [1.54, 1.807) is 6.92 Å². The smallest absolute Gasteiger partial charge is 0.0541 e. The van der Waals surface area contributed by atoms with Crippen molar-refractivity contribution in [3.05, 3.63) is 0 Å². The van der Waals surface area contributed by atoms with Crippen LogP contribution in [-0.4, -0.2) is 34.1 Å². The van der Waals surface area contributed by atoms with Crippen LogP contribution in [0, 0.1) is 0 Å². The van der Waals surface area contributed by atoms with Crippen molar-refractivity contribution in [1.82, 2.24) is 0 Å². The number of aliphatic hydroxyl groups excluding tert-OH is 3. The maximum atomic E-state index is 9.73. The van der Waals surface area contributed by atoms with Crippen LogP contribution in [0.5, 0.6) is 0 Å². The molecule has 0 aromatic rings. The number of hydrogen-bond donors (Lipinski definition) is 3. The lowest BCUT2D eigenvalue weighted by atomic mass is 10.0. The molecule has 0 fully saturated rings. The molecule has 0 aliphatic rings. The van der Waals surface area contributed by atoms with Gasteiger partial charge >= 0.3 is 0 Å². The number of hydrogen-bond acceptors (Lipinski definition) is 3. The largest absolute Gasteiger partial charge is 0.396 e. The van der Waals surface area contributed by atoms with E-state index in [1.807, 2.05) is 0 Å². The van der Waals surface area contributed by atoms with Gasteiger partial charge in [-0.1, -0.05) is 64.2 Å². The summed E-state index contributed by atoms with van der Waals surface area (Å²) < 4.78 is 0. The molecule has 0 aromatic carbocycles. The van der Waals surface area contributed by atoms with Gasteiger partial charge in [-0.2, -0.15) is 0 Å². The number of unbranched alkanes of at least 4 members (excludes halogenated alkanes) is 10. The summed E-state index contributed by atoms with van der Waals surface area (Å²) in [6.45, 7) is 2.12. The molecule has 3 nitrogen and oxygen atoms in total. The molecule has 3 heteroatoms. The van der Waals surface area contributed by atoms with Gasteiger partial charge in [-0.05, 0) is 32.6 Å². The molecular formula is C18H38O3. The van der Waals surface area contributed by atoms with Gasteiger partial charge in [-0.3, -0.25) is 0 Å². The molecule has 0 bridgehead atoms. The molecule has 2 unspecified atom stereocenters. The number of rotatable bonds is 16. The lowest BCUT2D eigenvalue weighted by Gasteiger charge is -2.11. The van der Waals surface area contributed by atoms with Crippen LogP contribution >= 0.6 is 0 Å². The second-order valence-corrected chi connectivity index (χ2v) is 6.48. The Morgan fingerprint density at radius 3 is 1.43 bits per heavy atom. The van der Waals surface area contributed by atoms with E-state index in [9.17, 15) is 5.11 Å². The van der Waals surface area contributed by atoms with Crippen LogP contribution in [0.2, 0.25) is 0 Å². The summed E-state index contributed by atoms with van der Waals surface area (Å²) in [7, 11) is 0. The second kappa shape index (κ2) is 16.3. The average molecular weight is 302 g/mol. The van der Waals surface area contributed by atoms with Crippen molar-refractivity contribution in [2.75, 3.05) is 6.61 Å². The molecule has 0 spiro atoms. The number of aliphatic hydroxyl groups is 3. The second-order valence-electron chi connectivity index (χ2n) is 6.48. The van der Waals surface area contributed by atoms with E-state index in [0.717, 1.165) is 25.7 Å². The van der Waals surface area contributed by atoms with E-state index in [2.05, 4.69) is 0 Å². The van der Waals surface area contributed by atoms with E-state index in [0.29, 0.717) is 13.0 Å². The van der Waals surface area contributed by atoms with E-state index in [1.165, 1.54) is 57.8 Å². The van der Waals surface area contributed by atoms with E-state index in [-0.39, 0.29) is 12.2 Å². The molecular weight excluding hydrogens is 264 g/mol. The maximum absolute atomic E-state index is 9.73. The highest BCUT2D eigenvalue weighted by Gasteiger charge is 2.05. The van der Waals surface area contributed by atoms with Gasteiger partial charge in [0.05, 0.1) is 12.2 Å². The minimum absolute atomic E-state index is 0.224. The molecule has 0 saturated carbocycles. The predicted molar refractivity (Wildman–Crippen MR) is 89.4 cm³/mol. The first-order valence-electron chi connectivity index (χ1n) is 9.13. The van der Waals surface area contributed by atoms with Crippen LogP contribution in [0.1, 0.15) is 96.8 Å². The minimum Gasteiger partial charge on any atom is -0.396 e. The third-order valence-electron chi connectivity index (χ3n) is 4.11. The quantitative estimate of drug-likeness (QED) is 0.375. The molecule has 0 aliphatic heterocycles. The highest BCUT2D eigenvalue weighted by Crippen LogP contribution is 2.14. The van der Waals surface area contributed by atoms with Gasteiger partial charge in [0.25, 0.3) is 0 Å². The van der Waals surface area contributed by atoms with Gasteiger partial charge < -0.3 is 15.3 Å². The van der Waals surface area contributed by atoms with Crippen LogP contribution in [0.3, 0.4) is 0 Å². The normalized spacial score (nSPS) is 14.3. The van der Waals surface area contributed by atoms with Crippen molar-refractivity contribution in [3.8, 4) is 0 Å². The Bertz CT molecular complexity index is 195. The Balaban J connectivity index is 3.08. The predicted octanol–water partition coefficient (Wildman–Crippen LogP) is 4.18. The third kappa shape index (κ3) is 17.8. The van der Waals surface area contributed by atoms with E-state index >= 15 is 0 Å². The summed E-state index contributed by atoms with van der Waals surface area (Å²) in [6, 6.07) is 0. The van der Waals surface area contributed by atoms with Gasteiger partial charge in [-0.25, -0.2) is 0 Å². The van der Waals surface area contributed by atoms with Gasteiger partial charge in [-0.15, -0.1) is 0 Å². The topological polar surface area (TPSA) is 60.7 Å². The fourth-order valence-corrected chi connectivity index (χ4v) is 2.66. The highest BCUT2D eigenvalue weighted by molar-refractivity contribution is 4.59.